The topological polar surface area (TPSA) is 0 Å². The summed E-state index contributed by atoms with van der Waals surface area (Å²) in [6.07, 6.45) is 4.65. The summed E-state index contributed by atoms with van der Waals surface area (Å²) in [4.78, 5) is 0. The molecule has 0 bridgehead atoms. The van der Waals surface area contributed by atoms with Gasteiger partial charge in [-0.1, -0.05) is 109 Å². The van der Waals surface area contributed by atoms with Crippen molar-refractivity contribution in [1.82, 2.24) is 0 Å². The van der Waals surface area contributed by atoms with Gasteiger partial charge in [0, 0.05) is 0 Å². The molecular weight excluding hydrogens is 336 g/mol. The predicted octanol–water partition coefficient (Wildman–Crippen LogP) is 7.59. The molecule has 0 spiro atoms. The molecule has 0 atom stereocenters. The molecular formula is C28H26. The van der Waals surface area contributed by atoms with Gasteiger partial charge in [0.2, 0.25) is 0 Å². The highest BCUT2D eigenvalue weighted by molar-refractivity contribution is 5.68. The van der Waals surface area contributed by atoms with E-state index < -0.39 is 0 Å². The summed E-state index contributed by atoms with van der Waals surface area (Å²) in [6.45, 7) is 0. The number of hydrogen-bond donors (Lipinski definition) is 0. The summed E-state index contributed by atoms with van der Waals surface area (Å²) in [6, 6.07) is 39.1. The standard InChI is InChI=1S/C28H26/c1-3-13-23(14-4-1)27-21-11-9-19-25(27)17-7-8-18-26-20-10-12-22-28(26)24-15-5-2-6-16-24/h1-6,9-16,19-22H,7-8,17-18H2. The van der Waals surface area contributed by atoms with Crippen molar-refractivity contribution in [1.29, 1.82) is 0 Å². The van der Waals surface area contributed by atoms with Gasteiger partial charge >= 0.3 is 0 Å². The van der Waals surface area contributed by atoms with Crippen LogP contribution in [-0.4, -0.2) is 0 Å². The van der Waals surface area contributed by atoms with Crippen LogP contribution in [0.5, 0.6) is 0 Å². The van der Waals surface area contributed by atoms with Crippen LogP contribution in [0.3, 0.4) is 0 Å². The SMILES string of the molecule is c1ccc(-c2ccccc2CCCCc2ccccc2-c2ccccc2)cc1. The van der Waals surface area contributed by atoms with Gasteiger partial charge in [0.25, 0.3) is 0 Å². The fourth-order valence-corrected chi connectivity index (χ4v) is 3.91. The smallest absolute Gasteiger partial charge is 0.0152 e. The maximum atomic E-state index is 2.28. The first-order valence-corrected chi connectivity index (χ1v) is 10.2. The third-order valence-corrected chi connectivity index (χ3v) is 5.35. The molecule has 4 rings (SSSR count). The lowest BCUT2D eigenvalue weighted by atomic mass is 9.93. The monoisotopic (exact) mass is 362 g/mol. The Morgan fingerprint density at radius 3 is 1.14 bits per heavy atom. The van der Waals surface area contributed by atoms with Gasteiger partial charge in [-0.3, -0.25) is 0 Å². The number of aryl methyl sites for hydroxylation is 2. The molecule has 28 heavy (non-hydrogen) atoms. The molecule has 0 unspecified atom stereocenters. The van der Waals surface area contributed by atoms with E-state index in [1.54, 1.807) is 0 Å². The molecule has 0 aliphatic carbocycles. The van der Waals surface area contributed by atoms with E-state index in [4.69, 9.17) is 0 Å². The number of unbranched alkanes of at least 4 members (excludes halogenated alkanes) is 1. The Balaban J connectivity index is 1.42. The van der Waals surface area contributed by atoms with Gasteiger partial charge in [0.1, 0.15) is 0 Å². The van der Waals surface area contributed by atoms with Crippen LogP contribution in [0.1, 0.15) is 24.0 Å². The average Bonchev–Trinajstić information content (AvgIpc) is 2.78. The molecule has 0 saturated heterocycles. The van der Waals surface area contributed by atoms with Crippen molar-refractivity contribution in [3.8, 4) is 22.3 Å². The fourth-order valence-electron chi connectivity index (χ4n) is 3.91. The quantitative estimate of drug-likeness (QED) is 0.297. The van der Waals surface area contributed by atoms with E-state index in [1.165, 1.54) is 46.2 Å². The third-order valence-electron chi connectivity index (χ3n) is 5.35. The van der Waals surface area contributed by atoms with Gasteiger partial charge in [0.05, 0.1) is 0 Å². The van der Waals surface area contributed by atoms with E-state index in [-0.39, 0.29) is 0 Å². The van der Waals surface area contributed by atoms with Crippen LogP contribution >= 0.6 is 0 Å². The molecule has 4 aromatic carbocycles. The third kappa shape index (κ3) is 4.40. The van der Waals surface area contributed by atoms with E-state index in [9.17, 15) is 0 Å². The Kier molecular flexibility index (Phi) is 5.99. The van der Waals surface area contributed by atoms with E-state index >= 15 is 0 Å². The zero-order valence-corrected chi connectivity index (χ0v) is 16.2. The Bertz CT molecular complexity index is 915. The molecule has 0 amide bonds. The maximum absolute atomic E-state index is 2.28. The molecule has 0 nitrogen and oxygen atoms in total. The highest BCUT2D eigenvalue weighted by Crippen LogP contribution is 2.27. The van der Waals surface area contributed by atoms with Crippen LogP contribution in [-0.2, 0) is 12.8 Å². The molecule has 138 valence electrons. The Labute approximate surface area is 168 Å². The molecule has 4 aromatic rings. The fraction of sp³-hybridized carbons (Fsp3) is 0.143. The number of benzene rings is 4. The maximum Gasteiger partial charge on any atom is -0.0152 e. The zero-order chi connectivity index (χ0) is 19.0. The molecule has 0 aliphatic heterocycles. The molecule has 0 N–H and O–H groups in total. The summed E-state index contributed by atoms with van der Waals surface area (Å²) in [5.74, 6) is 0. The van der Waals surface area contributed by atoms with Crippen molar-refractivity contribution >= 4 is 0 Å². The van der Waals surface area contributed by atoms with Gasteiger partial charge in [0.15, 0.2) is 0 Å². The first-order valence-electron chi connectivity index (χ1n) is 10.2. The second kappa shape index (κ2) is 9.19. The Hall–Kier alpha value is -3.12. The van der Waals surface area contributed by atoms with Gasteiger partial charge in [-0.25, -0.2) is 0 Å². The van der Waals surface area contributed by atoms with Crippen molar-refractivity contribution in [2.45, 2.75) is 25.7 Å². The van der Waals surface area contributed by atoms with Gasteiger partial charge < -0.3 is 0 Å². The van der Waals surface area contributed by atoms with E-state index in [1.807, 2.05) is 0 Å². The summed E-state index contributed by atoms with van der Waals surface area (Å²) < 4.78 is 0. The van der Waals surface area contributed by atoms with E-state index in [0.29, 0.717) is 0 Å². The molecule has 0 aliphatic rings. The number of hydrogen-bond acceptors (Lipinski definition) is 0. The lowest BCUT2D eigenvalue weighted by Gasteiger charge is -2.11. The van der Waals surface area contributed by atoms with Crippen LogP contribution in [0.2, 0.25) is 0 Å². The molecule has 0 fully saturated rings. The van der Waals surface area contributed by atoms with Crippen molar-refractivity contribution in [3.63, 3.8) is 0 Å². The normalized spacial score (nSPS) is 10.7. The Morgan fingerprint density at radius 1 is 0.357 bits per heavy atom. The van der Waals surface area contributed by atoms with Gasteiger partial charge in [-0.05, 0) is 59.1 Å². The highest BCUT2D eigenvalue weighted by atomic mass is 14.1. The molecule has 0 radical (unpaired) electrons. The molecule has 0 heteroatoms. The largest absolute Gasteiger partial charge is 0.0622 e. The first-order chi connectivity index (χ1) is 13.9. The van der Waals surface area contributed by atoms with E-state index in [0.717, 1.165) is 12.8 Å². The van der Waals surface area contributed by atoms with Crippen LogP contribution in [0, 0.1) is 0 Å². The van der Waals surface area contributed by atoms with E-state index in [2.05, 4.69) is 109 Å². The molecule has 0 aromatic heterocycles. The zero-order valence-electron chi connectivity index (χ0n) is 16.2. The summed E-state index contributed by atoms with van der Waals surface area (Å²) in [7, 11) is 0. The van der Waals surface area contributed by atoms with Gasteiger partial charge in [-0.2, -0.15) is 0 Å². The highest BCUT2D eigenvalue weighted by Gasteiger charge is 2.06. The first kappa shape index (κ1) is 18.3. The minimum Gasteiger partial charge on any atom is -0.0622 e. The summed E-state index contributed by atoms with van der Waals surface area (Å²) in [5.41, 5.74) is 8.26. The molecule has 0 heterocycles. The van der Waals surface area contributed by atoms with Crippen LogP contribution < -0.4 is 0 Å². The Morgan fingerprint density at radius 2 is 0.714 bits per heavy atom. The minimum absolute atomic E-state index is 1.12. The van der Waals surface area contributed by atoms with Gasteiger partial charge in [-0.15, -0.1) is 0 Å². The van der Waals surface area contributed by atoms with Crippen molar-refractivity contribution < 1.29 is 0 Å². The second-order valence-electron chi connectivity index (χ2n) is 7.25. The number of rotatable bonds is 7. The van der Waals surface area contributed by atoms with Crippen molar-refractivity contribution in [2.24, 2.45) is 0 Å². The van der Waals surface area contributed by atoms with Crippen LogP contribution in [0.15, 0.2) is 109 Å². The lowest BCUT2D eigenvalue weighted by molar-refractivity contribution is 0.736. The lowest BCUT2D eigenvalue weighted by Crippen LogP contribution is -1.94. The predicted molar refractivity (Wildman–Crippen MR) is 120 cm³/mol. The average molecular weight is 363 g/mol. The molecule has 0 saturated carbocycles. The van der Waals surface area contributed by atoms with Crippen molar-refractivity contribution in [2.75, 3.05) is 0 Å². The van der Waals surface area contributed by atoms with Crippen molar-refractivity contribution in [3.05, 3.63) is 120 Å². The van der Waals surface area contributed by atoms with Crippen LogP contribution in [0.4, 0.5) is 0 Å². The van der Waals surface area contributed by atoms with Crippen LogP contribution in [0.25, 0.3) is 22.3 Å². The second-order valence-corrected chi connectivity index (χ2v) is 7.25. The minimum atomic E-state index is 1.12. The summed E-state index contributed by atoms with van der Waals surface area (Å²) in [5, 5.41) is 0. The summed E-state index contributed by atoms with van der Waals surface area (Å²) >= 11 is 0.